The minimum Gasteiger partial charge on any atom is -0.496 e. The van der Waals surface area contributed by atoms with E-state index in [2.05, 4.69) is 66.7 Å². The second kappa shape index (κ2) is 16.7. The summed E-state index contributed by atoms with van der Waals surface area (Å²) < 4.78 is 39.0. The summed E-state index contributed by atoms with van der Waals surface area (Å²) >= 11 is 0. The van der Waals surface area contributed by atoms with Gasteiger partial charge in [-0.25, -0.2) is 8.42 Å². The van der Waals surface area contributed by atoms with Crippen molar-refractivity contribution in [3.05, 3.63) is 98.7 Å². The fraction of sp³-hybridized carbons (Fsp3) is 0.474. The number of hydrogen-bond acceptors (Lipinski definition) is 4. The average Bonchev–Trinajstić information content (AvgIpc) is 2.94. The third-order valence-corrected chi connectivity index (χ3v) is 10.3. The second-order valence-electron chi connectivity index (χ2n) is 12.2. The zero-order chi connectivity index (χ0) is 32.3. The summed E-state index contributed by atoms with van der Waals surface area (Å²) in [7, 11) is -0.0682. The van der Waals surface area contributed by atoms with E-state index in [0.717, 1.165) is 82.6 Å². The highest BCUT2D eigenvalue weighted by atomic mass is 32.2. The standard InChI is InChI=1S/C38H54O4S/c1-26(2)14-12-16-29(5)24-35(43(39,40)34-21-18-28(4)19-22-34)25-30(6)17-13-15-27(3)20-23-36-33(9)37(41-10)31(7)32(8)38(36)42-11/h14,17-22,24,35H,12-13,15-16,23,25H2,1-11H3/b27-20+,29-24?,30-17?. The molecule has 0 aliphatic rings. The molecule has 236 valence electrons. The number of ether oxygens (including phenoxy) is 2. The van der Waals surface area contributed by atoms with Crippen molar-refractivity contribution in [2.45, 2.75) is 111 Å². The first-order valence-corrected chi connectivity index (χ1v) is 16.9. The van der Waals surface area contributed by atoms with Gasteiger partial charge in [-0.05, 0) is 130 Å². The van der Waals surface area contributed by atoms with Gasteiger partial charge in [0.05, 0.1) is 24.4 Å². The minimum absolute atomic E-state index is 0.386. The first-order valence-electron chi connectivity index (χ1n) is 15.4. The van der Waals surface area contributed by atoms with Gasteiger partial charge in [-0.2, -0.15) is 0 Å². The third kappa shape index (κ3) is 10.3. The summed E-state index contributed by atoms with van der Waals surface area (Å²) in [4.78, 5) is 0.386. The molecule has 0 saturated carbocycles. The summed E-state index contributed by atoms with van der Waals surface area (Å²) in [6.07, 6.45) is 13.5. The molecule has 2 rings (SSSR count). The van der Waals surface area contributed by atoms with Gasteiger partial charge < -0.3 is 9.47 Å². The Morgan fingerprint density at radius 2 is 1.28 bits per heavy atom. The van der Waals surface area contributed by atoms with Crippen molar-refractivity contribution in [3.63, 3.8) is 0 Å². The van der Waals surface area contributed by atoms with Crippen LogP contribution in [0.3, 0.4) is 0 Å². The SMILES string of the molecule is COc1c(C)c(C)c(OC)c(C/C=C(\C)CCC=C(C)CC(C=C(C)CCC=C(C)C)S(=O)(=O)c2ccc(C)cc2)c1C. The van der Waals surface area contributed by atoms with Crippen molar-refractivity contribution in [2.24, 2.45) is 0 Å². The Balaban J connectivity index is 2.21. The first-order chi connectivity index (χ1) is 20.2. The van der Waals surface area contributed by atoms with Crippen molar-refractivity contribution < 1.29 is 17.9 Å². The van der Waals surface area contributed by atoms with Gasteiger partial charge in [-0.3, -0.25) is 0 Å². The predicted octanol–water partition coefficient (Wildman–Crippen LogP) is 10.1. The number of hydrogen-bond donors (Lipinski definition) is 0. The van der Waals surface area contributed by atoms with Crippen LogP contribution >= 0.6 is 0 Å². The Bertz CT molecular complexity index is 1470. The molecule has 0 aliphatic heterocycles. The van der Waals surface area contributed by atoms with Crippen LogP contribution in [0.1, 0.15) is 94.5 Å². The maximum atomic E-state index is 13.8. The van der Waals surface area contributed by atoms with E-state index in [4.69, 9.17) is 9.47 Å². The predicted molar refractivity (Wildman–Crippen MR) is 183 cm³/mol. The minimum atomic E-state index is -3.52. The van der Waals surface area contributed by atoms with E-state index in [1.54, 1.807) is 26.4 Å². The van der Waals surface area contributed by atoms with Gasteiger partial charge >= 0.3 is 0 Å². The zero-order valence-electron chi connectivity index (χ0n) is 28.5. The maximum Gasteiger partial charge on any atom is 0.185 e. The lowest BCUT2D eigenvalue weighted by Gasteiger charge is -2.20. The molecule has 0 aromatic heterocycles. The smallest absolute Gasteiger partial charge is 0.185 e. The summed E-state index contributed by atoms with van der Waals surface area (Å²) in [5, 5.41) is -0.593. The molecular formula is C38H54O4S. The van der Waals surface area contributed by atoms with Gasteiger partial charge in [-0.15, -0.1) is 0 Å². The lowest BCUT2D eigenvalue weighted by molar-refractivity contribution is 0.391. The molecule has 0 aliphatic carbocycles. The molecular weight excluding hydrogens is 552 g/mol. The second-order valence-corrected chi connectivity index (χ2v) is 14.4. The molecule has 0 saturated heterocycles. The van der Waals surface area contributed by atoms with Crippen LogP contribution in [0.25, 0.3) is 0 Å². The molecule has 43 heavy (non-hydrogen) atoms. The van der Waals surface area contributed by atoms with Gasteiger partial charge in [0.2, 0.25) is 0 Å². The molecule has 0 N–H and O–H groups in total. The van der Waals surface area contributed by atoms with Crippen LogP contribution in [0.5, 0.6) is 11.5 Å². The molecule has 0 spiro atoms. The highest BCUT2D eigenvalue weighted by molar-refractivity contribution is 7.92. The molecule has 2 aromatic rings. The quantitative estimate of drug-likeness (QED) is 0.189. The topological polar surface area (TPSA) is 52.6 Å². The van der Waals surface area contributed by atoms with E-state index in [-0.39, 0.29) is 0 Å². The van der Waals surface area contributed by atoms with Crippen LogP contribution in [0.4, 0.5) is 0 Å². The van der Waals surface area contributed by atoms with Gasteiger partial charge in [0, 0.05) is 5.56 Å². The molecule has 0 heterocycles. The molecule has 4 nitrogen and oxygen atoms in total. The Kier molecular flexibility index (Phi) is 14.0. The average molecular weight is 607 g/mol. The van der Waals surface area contributed by atoms with E-state index in [0.29, 0.717) is 11.3 Å². The largest absolute Gasteiger partial charge is 0.496 e. The number of rotatable bonds is 15. The number of benzene rings is 2. The Morgan fingerprint density at radius 1 is 0.721 bits per heavy atom. The monoisotopic (exact) mass is 606 g/mol. The Morgan fingerprint density at radius 3 is 1.86 bits per heavy atom. The van der Waals surface area contributed by atoms with Crippen molar-refractivity contribution in [1.29, 1.82) is 0 Å². The zero-order valence-corrected chi connectivity index (χ0v) is 29.3. The molecule has 5 heteroatoms. The van der Waals surface area contributed by atoms with E-state index in [1.165, 1.54) is 11.1 Å². The normalized spacial score (nSPS) is 13.6. The van der Waals surface area contributed by atoms with E-state index < -0.39 is 15.1 Å². The molecule has 2 aromatic carbocycles. The number of aryl methyl sites for hydroxylation is 1. The van der Waals surface area contributed by atoms with Gasteiger partial charge in [0.1, 0.15) is 11.5 Å². The number of sulfone groups is 1. The molecule has 1 unspecified atom stereocenters. The maximum absolute atomic E-state index is 13.8. The Hall–Kier alpha value is -3.05. The summed E-state index contributed by atoms with van der Waals surface area (Å²) in [5.41, 5.74) is 10.3. The van der Waals surface area contributed by atoms with Crippen molar-refractivity contribution in [2.75, 3.05) is 14.2 Å². The van der Waals surface area contributed by atoms with E-state index in [1.807, 2.05) is 32.1 Å². The molecule has 1 atom stereocenters. The highest BCUT2D eigenvalue weighted by Gasteiger charge is 2.26. The van der Waals surface area contributed by atoms with Crippen LogP contribution in [0.2, 0.25) is 0 Å². The van der Waals surface area contributed by atoms with Crippen LogP contribution < -0.4 is 9.47 Å². The van der Waals surface area contributed by atoms with Crippen LogP contribution in [-0.2, 0) is 16.3 Å². The van der Waals surface area contributed by atoms with Crippen molar-refractivity contribution >= 4 is 9.84 Å². The summed E-state index contributed by atoms with van der Waals surface area (Å²) in [6, 6.07) is 7.22. The highest BCUT2D eigenvalue weighted by Crippen LogP contribution is 2.38. The summed E-state index contributed by atoms with van der Waals surface area (Å²) in [6.45, 7) is 18.7. The van der Waals surface area contributed by atoms with Crippen LogP contribution in [-0.4, -0.2) is 27.9 Å². The molecule has 0 radical (unpaired) electrons. The molecule has 0 fully saturated rings. The van der Waals surface area contributed by atoms with Crippen LogP contribution in [0, 0.1) is 27.7 Å². The fourth-order valence-corrected chi connectivity index (χ4v) is 7.22. The van der Waals surface area contributed by atoms with E-state index >= 15 is 0 Å². The van der Waals surface area contributed by atoms with Gasteiger partial charge in [-0.1, -0.05) is 64.3 Å². The fourth-order valence-electron chi connectivity index (χ4n) is 5.46. The van der Waals surface area contributed by atoms with E-state index in [9.17, 15) is 8.42 Å². The molecule has 0 bridgehead atoms. The van der Waals surface area contributed by atoms with Gasteiger partial charge in [0.25, 0.3) is 0 Å². The Labute approximate surface area is 262 Å². The third-order valence-electron chi connectivity index (χ3n) is 8.24. The van der Waals surface area contributed by atoms with Gasteiger partial charge in [0.15, 0.2) is 9.84 Å². The lowest BCUT2D eigenvalue weighted by atomic mass is 9.94. The lowest BCUT2D eigenvalue weighted by Crippen LogP contribution is -2.20. The number of methoxy groups -OCH3 is 2. The van der Waals surface area contributed by atoms with Crippen molar-refractivity contribution in [1.82, 2.24) is 0 Å². The van der Waals surface area contributed by atoms with Crippen molar-refractivity contribution in [3.8, 4) is 11.5 Å². The number of allylic oxidation sites excluding steroid dienone is 7. The first kappa shape index (κ1) is 36.1. The van der Waals surface area contributed by atoms with Crippen LogP contribution in [0.15, 0.2) is 75.8 Å². The molecule has 0 amide bonds. The summed E-state index contributed by atoms with van der Waals surface area (Å²) in [5.74, 6) is 1.86.